The van der Waals surface area contributed by atoms with Crippen LogP contribution in [0.4, 0.5) is 5.69 Å². The fraction of sp³-hybridized carbons (Fsp3) is 0.367. The summed E-state index contributed by atoms with van der Waals surface area (Å²) < 4.78 is 6.14. The smallest absolute Gasteiger partial charge is 0.243 e. The third-order valence-corrected chi connectivity index (χ3v) is 7.40. The van der Waals surface area contributed by atoms with E-state index in [0.717, 1.165) is 47.5 Å². The number of rotatable bonds is 12. The van der Waals surface area contributed by atoms with E-state index in [0.29, 0.717) is 30.6 Å². The van der Waals surface area contributed by atoms with Crippen LogP contribution in [0.2, 0.25) is 0 Å². The van der Waals surface area contributed by atoms with E-state index in [1.807, 2.05) is 55.6 Å². The Morgan fingerprint density at radius 2 is 2.10 bits per heavy atom. The Morgan fingerprint density at radius 1 is 1.26 bits per heavy atom. The summed E-state index contributed by atoms with van der Waals surface area (Å²) in [7, 11) is 0. The van der Waals surface area contributed by atoms with Gasteiger partial charge in [-0.05, 0) is 55.0 Å². The molecule has 2 aromatic carbocycles. The molecular formula is C30H36N6O3. The van der Waals surface area contributed by atoms with E-state index in [1.54, 1.807) is 6.20 Å². The quantitative estimate of drug-likeness (QED) is 0.359. The molecule has 2 heterocycles. The summed E-state index contributed by atoms with van der Waals surface area (Å²) in [5.74, 6) is 1.60. The molecule has 4 N–H and O–H groups in total. The summed E-state index contributed by atoms with van der Waals surface area (Å²) in [4.78, 5) is 31.7. The highest BCUT2D eigenvalue weighted by molar-refractivity contribution is 6.05. The predicted octanol–water partition coefficient (Wildman–Crippen LogP) is 4.00. The van der Waals surface area contributed by atoms with E-state index in [9.17, 15) is 9.59 Å². The van der Waals surface area contributed by atoms with Crippen LogP contribution in [0.5, 0.6) is 5.75 Å². The molecule has 9 heteroatoms. The van der Waals surface area contributed by atoms with Gasteiger partial charge in [0, 0.05) is 30.2 Å². The fourth-order valence-electron chi connectivity index (χ4n) is 5.11. The molecule has 2 aromatic rings. The summed E-state index contributed by atoms with van der Waals surface area (Å²) in [6.07, 6.45) is 10.2. The number of hydrogen-bond acceptors (Lipinski definition) is 7. The van der Waals surface area contributed by atoms with Gasteiger partial charge in [0.15, 0.2) is 0 Å². The number of hydrogen-bond donors (Lipinski definition) is 3. The first-order chi connectivity index (χ1) is 19.1. The largest absolute Gasteiger partial charge is 0.489 e. The molecule has 2 aliphatic heterocycles. The zero-order valence-electron chi connectivity index (χ0n) is 22.3. The molecular weight excluding hydrogens is 492 g/mol. The average Bonchev–Trinajstić information content (AvgIpc) is 3.29. The minimum atomic E-state index is -0.225. The van der Waals surface area contributed by atoms with Crippen LogP contribution in [0.25, 0.3) is 5.70 Å². The lowest BCUT2D eigenvalue weighted by Crippen LogP contribution is -2.45. The van der Waals surface area contributed by atoms with Gasteiger partial charge >= 0.3 is 0 Å². The Balaban J connectivity index is 1.24. The highest BCUT2D eigenvalue weighted by Gasteiger charge is 2.40. The standard InChI is InChI=1S/C30H36N6O3/c1-2-3-14-35(20-37)18-26(38)33-24-11-4-7-21(16-24)19-39-25-12-6-10-23(17-25)27-28-29(31)32-13-15-36(28)30(34-27)22-8-5-9-22/h4,6-7,10-13,15-17,20,22,30,34H,2-3,5,8-9,14,18-19H2,1H3,(H2,31,32)(H,33,38). The van der Waals surface area contributed by atoms with Crippen molar-refractivity contribution in [3.63, 3.8) is 0 Å². The summed E-state index contributed by atoms with van der Waals surface area (Å²) in [5, 5.41) is 6.59. The average molecular weight is 529 g/mol. The molecule has 5 rings (SSSR count). The summed E-state index contributed by atoms with van der Waals surface area (Å²) >= 11 is 0. The molecule has 0 aromatic heterocycles. The second-order valence-electron chi connectivity index (χ2n) is 10.2. The SMILES string of the molecule is CCCCN(C=O)CC(=O)Nc1cccc(COc2cccc(C3=C4C(N)=NC=CN4C(C4CCC4)N3)c2)c1. The topological polar surface area (TPSA) is 112 Å². The van der Waals surface area contributed by atoms with Crippen molar-refractivity contribution in [1.29, 1.82) is 0 Å². The lowest BCUT2D eigenvalue weighted by atomic mass is 9.82. The number of nitrogens with one attached hydrogen (secondary N) is 2. The molecule has 39 heavy (non-hydrogen) atoms. The number of nitrogens with zero attached hydrogens (tertiary/aromatic N) is 3. The van der Waals surface area contributed by atoms with Gasteiger partial charge in [-0.2, -0.15) is 0 Å². The number of benzene rings is 2. The first-order valence-corrected chi connectivity index (χ1v) is 13.7. The minimum Gasteiger partial charge on any atom is -0.489 e. The molecule has 1 saturated carbocycles. The van der Waals surface area contributed by atoms with E-state index in [-0.39, 0.29) is 18.6 Å². The van der Waals surface area contributed by atoms with Gasteiger partial charge in [-0.15, -0.1) is 0 Å². The van der Waals surface area contributed by atoms with Crippen molar-refractivity contribution >= 4 is 29.5 Å². The normalized spacial score (nSPS) is 18.1. The number of amidine groups is 1. The molecule has 3 aliphatic rings. The van der Waals surface area contributed by atoms with Gasteiger partial charge in [0.25, 0.3) is 0 Å². The number of amides is 2. The predicted molar refractivity (Wildman–Crippen MR) is 152 cm³/mol. The van der Waals surface area contributed by atoms with Gasteiger partial charge in [0.1, 0.15) is 30.1 Å². The number of anilines is 1. The van der Waals surface area contributed by atoms with Gasteiger partial charge in [0.2, 0.25) is 12.3 Å². The van der Waals surface area contributed by atoms with Crippen molar-refractivity contribution in [3.05, 3.63) is 77.8 Å². The first-order valence-electron chi connectivity index (χ1n) is 13.7. The van der Waals surface area contributed by atoms with Crippen molar-refractivity contribution in [2.24, 2.45) is 16.6 Å². The molecule has 1 atom stereocenters. The summed E-state index contributed by atoms with van der Waals surface area (Å²) in [5.41, 5.74) is 10.8. The maximum absolute atomic E-state index is 12.4. The van der Waals surface area contributed by atoms with Crippen LogP contribution in [-0.4, -0.2) is 47.2 Å². The van der Waals surface area contributed by atoms with Crippen LogP contribution < -0.4 is 21.1 Å². The molecule has 2 amide bonds. The molecule has 1 aliphatic carbocycles. The van der Waals surface area contributed by atoms with Gasteiger partial charge in [-0.1, -0.05) is 44.0 Å². The third-order valence-electron chi connectivity index (χ3n) is 7.40. The Hall–Kier alpha value is -4.27. The molecule has 0 saturated heterocycles. The summed E-state index contributed by atoms with van der Waals surface area (Å²) in [6.45, 7) is 3.00. The van der Waals surface area contributed by atoms with Crippen molar-refractivity contribution in [1.82, 2.24) is 15.1 Å². The number of carbonyl (C=O) groups excluding carboxylic acids is 2. The van der Waals surface area contributed by atoms with Crippen LogP contribution in [0, 0.1) is 5.92 Å². The Bertz CT molecular complexity index is 1300. The number of aliphatic imine (C=N–C) groups is 1. The van der Waals surface area contributed by atoms with E-state index in [1.165, 1.54) is 24.2 Å². The number of unbranched alkanes of at least 4 members (excludes halogenated alkanes) is 1. The second-order valence-corrected chi connectivity index (χ2v) is 10.2. The zero-order chi connectivity index (χ0) is 27.2. The highest BCUT2D eigenvalue weighted by Crippen LogP contribution is 2.39. The number of carbonyl (C=O) groups is 2. The van der Waals surface area contributed by atoms with Crippen LogP contribution in [0.1, 0.15) is 50.2 Å². The van der Waals surface area contributed by atoms with Crippen molar-refractivity contribution in [3.8, 4) is 5.75 Å². The van der Waals surface area contributed by atoms with Crippen molar-refractivity contribution in [2.75, 3.05) is 18.4 Å². The number of fused-ring (bicyclic) bond motifs is 1. The van der Waals surface area contributed by atoms with E-state index >= 15 is 0 Å². The molecule has 0 bridgehead atoms. The lowest BCUT2D eigenvalue weighted by molar-refractivity contribution is -0.125. The van der Waals surface area contributed by atoms with E-state index in [4.69, 9.17) is 10.5 Å². The van der Waals surface area contributed by atoms with E-state index in [2.05, 4.69) is 26.6 Å². The van der Waals surface area contributed by atoms with Crippen LogP contribution >= 0.6 is 0 Å². The monoisotopic (exact) mass is 528 g/mol. The maximum atomic E-state index is 12.4. The molecule has 204 valence electrons. The highest BCUT2D eigenvalue weighted by atomic mass is 16.5. The molecule has 0 spiro atoms. The van der Waals surface area contributed by atoms with Gasteiger partial charge in [0.05, 0.1) is 12.2 Å². The van der Waals surface area contributed by atoms with Gasteiger partial charge < -0.3 is 30.9 Å². The summed E-state index contributed by atoms with van der Waals surface area (Å²) in [6, 6.07) is 15.5. The minimum absolute atomic E-state index is 0.0347. The van der Waals surface area contributed by atoms with Crippen LogP contribution in [-0.2, 0) is 16.2 Å². The van der Waals surface area contributed by atoms with Crippen LogP contribution in [0.3, 0.4) is 0 Å². The number of nitrogens with two attached hydrogens (primary N) is 1. The van der Waals surface area contributed by atoms with Gasteiger partial charge in [-0.3, -0.25) is 9.59 Å². The van der Waals surface area contributed by atoms with Crippen molar-refractivity contribution < 1.29 is 14.3 Å². The zero-order valence-corrected chi connectivity index (χ0v) is 22.3. The first kappa shape index (κ1) is 26.3. The third kappa shape index (κ3) is 6.08. The molecule has 0 radical (unpaired) electrons. The Kier molecular flexibility index (Phi) is 8.15. The second kappa shape index (κ2) is 12.1. The van der Waals surface area contributed by atoms with Gasteiger partial charge in [-0.25, -0.2) is 4.99 Å². The fourth-order valence-corrected chi connectivity index (χ4v) is 5.11. The number of ether oxygens (including phenoxy) is 1. The van der Waals surface area contributed by atoms with E-state index < -0.39 is 0 Å². The van der Waals surface area contributed by atoms with Crippen LogP contribution in [0.15, 0.2) is 71.6 Å². The van der Waals surface area contributed by atoms with Crippen molar-refractivity contribution in [2.45, 2.75) is 51.8 Å². The molecule has 1 fully saturated rings. The molecule has 9 nitrogen and oxygen atoms in total. The molecule has 1 unspecified atom stereocenters. The lowest BCUT2D eigenvalue weighted by Gasteiger charge is -2.37. The maximum Gasteiger partial charge on any atom is 0.243 e. The Morgan fingerprint density at radius 3 is 2.87 bits per heavy atom. The Labute approximate surface area is 229 Å².